The zero-order chi connectivity index (χ0) is 19.4. The fourth-order valence-corrected chi connectivity index (χ4v) is 2.69. The van der Waals surface area contributed by atoms with Crippen molar-refractivity contribution in [2.24, 2.45) is 5.92 Å². The molecule has 0 heterocycles. The Morgan fingerprint density at radius 2 is 1.77 bits per heavy atom. The van der Waals surface area contributed by atoms with Crippen LogP contribution in [0.3, 0.4) is 0 Å². The third kappa shape index (κ3) is 7.36. The largest absolute Gasteiger partial charge is 0.504 e. The molecule has 0 saturated carbocycles. The van der Waals surface area contributed by atoms with Gasteiger partial charge in [0.25, 0.3) is 0 Å². The molecule has 0 saturated heterocycles. The van der Waals surface area contributed by atoms with Gasteiger partial charge in [-0.05, 0) is 50.2 Å². The topological polar surface area (TPSA) is 63.6 Å². The number of carbonyl (C=O) groups excluding carboxylic acids is 2. The van der Waals surface area contributed by atoms with Crippen molar-refractivity contribution in [2.75, 3.05) is 7.11 Å². The molecule has 0 aromatic rings. The van der Waals surface area contributed by atoms with Crippen LogP contribution in [0.2, 0.25) is 0 Å². The number of rotatable bonds is 11. The molecule has 0 amide bonds. The molecule has 26 heavy (non-hydrogen) atoms. The highest BCUT2D eigenvalue weighted by atomic mass is 16.5. The lowest BCUT2D eigenvalue weighted by Gasteiger charge is -2.15. The van der Waals surface area contributed by atoms with E-state index in [9.17, 15) is 14.7 Å². The highest BCUT2D eigenvalue weighted by Gasteiger charge is 2.25. The first-order valence-corrected chi connectivity index (χ1v) is 9.20. The molecule has 1 N–H and O–H groups in total. The second-order valence-corrected chi connectivity index (χ2v) is 6.33. The van der Waals surface area contributed by atoms with Crippen LogP contribution in [0.1, 0.15) is 46.0 Å². The van der Waals surface area contributed by atoms with Gasteiger partial charge in [0.1, 0.15) is 0 Å². The number of ether oxygens (including phenoxy) is 1. The van der Waals surface area contributed by atoms with Crippen molar-refractivity contribution >= 4 is 11.6 Å². The molecule has 0 fully saturated rings. The fraction of sp³-hybridized carbons (Fsp3) is 0.455. The minimum atomic E-state index is -0.499. The molecule has 0 aliphatic heterocycles. The molecule has 0 bridgehead atoms. The fourth-order valence-electron chi connectivity index (χ4n) is 2.69. The summed E-state index contributed by atoms with van der Waals surface area (Å²) in [6.45, 7) is 3.94. The van der Waals surface area contributed by atoms with Crippen molar-refractivity contribution in [2.45, 2.75) is 52.1 Å². The van der Waals surface area contributed by atoms with Crippen LogP contribution in [0.4, 0.5) is 0 Å². The quantitative estimate of drug-likeness (QED) is 0.426. The zero-order valence-electron chi connectivity index (χ0n) is 16.0. The van der Waals surface area contributed by atoms with Crippen LogP contribution in [0, 0.1) is 5.92 Å². The third-order valence-electron chi connectivity index (χ3n) is 4.24. The lowest BCUT2D eigenvalue weighted by molar-refractivity contribution is -0.117. The highest BCUT2D eigenvalue weighted by molar-refractivity contribution is 6.19. The van der Waals surface area contributed by atoms with E-state index in [-0.39, 0.29) is 23.4 Å². The molecule has 2 unspecified atom stereocenters. The normalized spacial score (nSPS) is 18.0. The molecule has 0 spiro atoms. The van der Waals surface area contributed by atoms with Gasteiger partial charge in [0, 0.05) is 12.7 Å². The number of ketones is 2. The average molecular weight is 358 g/mol. The van der Waals surface area contributed by atoms with Crippen LogP contribution < -0.4 is 0 Å². The van der Waals surface area contributed by atoms with E-state index in [0.29, 0.717) is 6.42 Å². The molecule has 1 aliphatic rings. The molecular weight excluding hydrogens is 328 g/mol. The molecule has 2 atom stereocenters. The summed E-state index contributed by atoms with van der Waals surface area (Å²) in [7, 11) is 1.73. The molecule has 1 aliphatic carbocycles. The minimum absolute atomic E-state index is 0.168. The second kappa shape index (κ2) is 12.2. The number of methoxy groups -OCH3 is 1. The maximum atomic E-state index is 11.8. The van der Waals surface area contributed by atoms with E-state index in [1.165, 1.54) is 6.08 Å². The first-order valence-electron chi connectivity index (χ1n) is 9.20. The van der Waals surface area contributed by atoms with Gasteiger partial charge in [-0.25, -0.2) is 0 Å². The van der Waals surface area contributed by atoms with Gasteiger partial charge >= 0.3 is 0 Å². The van der Waals surface area contributed by atoms with Crippen molar-refractivity contribution in [1.82, 2.24) is 0 Å². The first-order chi connectivity index (χ1) is 12.5. The van der Waals surface area contributed by atoms with Crippen molar-refractivity contribution in [3.8, 4) is 0 Å². The number of hydrogen-bond acceptors (Lipinski definition) is 4. The van der Waals surface area contributed by atoms with Crippen LogP contribution in [0.25, 0.3) is 0 Å². The van der Waals surface area contributed by atoms with Crippen LogP contribution in [0.5, 0.6) is 0 Å². The number of allylic oxidation sites excluding steroid dienone is 8. The first kappa shape index (κ1) is 21.8. The van der Waals surface area contributed by atoms with Gasteiger partial charge < -0.3 is 9.84 Å². The Labute approximate surface area is 156 Å². The van der Waals surface area contributed by atoms with Gasteiger partial charge in [-0.3, -0.25) is 9.59 Å². The lowest BCUT2D eigenvalue weighted by Crippen LogP contribution is -2.19. The summed E-state index contributed by atoms with van der Waals surface area (Å²) < 4.78 is 5.39. The van der Waals surface area contributed by atoms with Crippen molar-refractivity contribution in [3.63, 3.8) is 0 Å². The van der Waals surface area contributed by atoms with Crippen LogP contribution in [-0.2, 0) is 14.3 Å². The Morgan fingerprint density at radius 1 is 1.08 bits per heavy atom. The van der Waals surface area contributed by atoms with Gasteiger partial charge in [0.15, 0.2) is 11.5 Å². The van der Waals surface area contributed by atoms with Gasteiger partial charge in [-0.1, -0.05) is 50.3 Å². The summed E-state index contributed by atoms with van der Waals surface area (Å²) >= 11 is 0. The average Bonchev–Trinajstić information content (AvgIpc) is 2.63. The van der Waals surface area contributed by atoms with Crippen molar-refractivity contribution in [3.05, 3.63) is 59.9 Å². The molecule has 142 valence electrons. The number of aliphatic hydroxyl groups excluding tert-OH is 1. The summed E-state index contributed by atoms with van der Waals surface area (Å²) in [6.07, 6.45) is 19.3. The monoisotopic (exact) mass is 358 g/mol. The molecule has 4 nitrogen and oxygen atoms in total. The van der Waals surface area contributed by atoms with Gasteiger partial charge in [0.05, 0.1) is 6.10 Å². The highest BCUT2D eigenvalue weighted by Crippen LogP contribution is 2.23. The maximum absolute atomic E-state index is 11.8. The third-order valence-corrected chi connectivity index (χ3v) is 4.24. The Hall–Kier alpha value is -2.20. The summed E-state index contributed by atoms with van der Waals surface area (Å²) in [4.78, 5) is 23.3. The number of carbonyl (C=O) groups is 2. The summed E-state index contributed by atoms with van der Waals surface area (Å²) in [6, 6.07) is 0. The van der Waals surface area contributed by atoms with E-state index in [1.54, 1.807) is 7.11 Å². The molecule has 4 heteroatoms. The number of hydrogen-bond donors (Lipinski definition) is 1. The zero-order valence-corrected chi connectivity index (χ0v) is 16.0. The Balaban J connectivity index is 2.34. The molecule has 0 radical (unpaired) electrons. The van der Waals surface area contributed by atoms with E-state index < -0.39 is 11.5 Å². The van der Waals surface area contributed by atoms with Crippen LogP contribution >= 0.6 is 0 Å². The van der Waals surface area contributed by atoms with Gasteiger partial charge in [0.2, 0.25) is 5.78 Å². The van der Waals surface area contributed by atoms with E-state index in [2.05, 4.69) is 31.2 Å². The lowest BCUT2D eigenvalue weighted by atomic mass is 9.89. The summed E-state index contributed by atoms with van der Waals surface area (Å²) in [5.74, 6) is -1.39. The predicted octanol–water partition coefficient (Wildman–Crippen LogP) is 4.80. The SMILES string of the molecule is CC/C=C/C(CC/C=C\C/C=C\CC(C)C1=C(O)C(=O)C=CC1=O)OC. The minimum Gasteiger partial charge on any atom is -0.504 e. The van der Waals surface area contributed by atoms with E-state index in [0.717, 1.165) is 31.8 Å². The van der Waals surface area contributed by atoms with Gasteiger partial charge in [-0.15, -0.1) is 0 Å². The second-order valence-electron chi connectivity index (χ2n) is 6.33. The van der Waals surface area contributed by atoms with Crippen molar-refractivity contribution in [1.29, 1.82) is 0 Å². The van der Waals surface area contributed by atoms with E-state index in [4.69, 9.17) is 4.74 Å². The van der Waals surface area contributed by atoms with E-state index in [1.807, 2.05) is 19.1 Å². The molecule has 1 rings (SSSR count). The number of aliphatic hydroxyl groups is 1. The Kier molecular flexibility index (Phi) is 10.3. The molecule has 0 aromatic heterocycles. The smallest absolute Gasteiger partial charge is 0.220 e. The summed E-state index contributed by atoms with van der Waals surface area (Å²) in [5.41, 5.74) is 0.212. The van der Waals surface area contributed by atoms with Crippen LogP contribution in [0.15, 0.2) is 59.9 Å². The van der Waals surface area contributed by atoms with Crippen molar-refractivity contribution < 1.29 is 19.4 Å². The standard InChI is InChI=1S/C22H30O4/c1-4-5-13-18(26-3)14-11-9-7-6-8-10-12-17(2)21-19(23)15-16-20(24)22(21)25/h5,7-10,13,15-18,25H,4,6,11-12,14H2,1-3H3/b9-7-,10-8-,13-5+. The van der Waals surface area contributed by atoms with Crippen LogP contribution in [-0.4, -0.2) is 29.9 Å². The Bertz CT molecular complexity index is 620. The molecule has 0 aromatic carbocycles. The Morgan fingerprint density at radius 3 is 2.46 bits per heavy atom. The summed E-state index contributed by atoms with van der Waals surface area (Å²) in [5, 5.41) is 9.80. The van der Waals surface area contributed by atoms with Gasteiger partial charge in [-0.2, -0.15) is 0 Å². The molecular formula is C22H30O4. The van der Waals surface area contributed by atoms with E-state index >= 15 is 0 Å². The maximum Gasteiger partial charge on any atom is 0.220 e. The predicted molar refractivity (Wildman–Crippen MR) is 105 cm³/mol.